The van der Waals surface area contributed by atoms with Crippen molar-refractivity contribution < 1.29 is 4.79 Å². The number of carbonyl (C=O) groups is 1. The van der Waals surface area contributed by atoms with Crippen LogP contribution in [0.1, 0.15) is 6.92 Å². The molecular formula is C3H4N2O3. The van der Waals surface area contributed by atoms with E-state index in [4.69, 9.17) is 0 Å². The summed E-state index contributed by atoms with van der Waals surface area (Å²) in [5.74, 6) is -1.03. The summed E-state index contributed by atoms with van der Waals surface area (Å²) < 4.78 is 0. The summed E-state index contributed by atoms with van der Waals surface area (Å²) in [5.41, 5.74) is 0. The first-order valence-corrected chi connectivity index (χ1v) is 1.92. The zero-order valence-electron chi connectivity index (χ0n) is 4.20. The topological polar surface area (TPSA) is 75.9 Å². The summed E-state index contributed by atoms with van der Waals surface area (Å²) in [7, 11) is 0. The number of hydrogen-bond acceptors (Lipinski definition) is 4. The van der Waals surface area contributed by atoms with Crippen LogP contribution in [0.4, 0.5) is 0 Å². The van der Waals surface area contributed by atoms with Gasteiger partial charge >= 0.3 is 5.91 Å². The zero-order valence-corrected chi connectivity index (χ0v) is 4.20. The fraction of sp³-hybridized carbons (Fsp3) is 0.667. The van der Waals surface area contributed by atoms with Crippen molar-refractivity contribution in [2.75, 3.05) is 0 Å². The SMILES string of the molecule is C[C@H](N=O)C(=O)N=O. The highest BCUT2D eigenvalue weighted by Gasteiger charge is 2.11. The van der Waals surface area contributed by atoms with Gasteiger partial charge in [0.05, 0.1) is 0 Å². The second-order valence-corrected chi connectivity index (χ2v) is 1.21. The molecule has 8 heavy (non-hydrogen) atoms. The second kappa shape index (κ2) is 2.95. The molecule has 5 nitrogen and oxygen atoms in total. The Balaban J connectivity index is 3.80. The molecule has 44 valence electrons. The fourth-order valence-corrected chi connectivity index (χ4v) is 0.121. The Bertz CT molecular complexity index is 122. The van der Waals surface area contributed by atoms with E-state index in [1.54, 1.807) is 0 Å². The van der Waals surface area contributed by atoms with Crippen LogP contribution in [0.5, 0.6) is 0 Å². The van der Waals surface area contributed by atoms with E-state index in [1.807, 2.05) is 5.18 Å². The lowest BCUT2D eigenvalue weighted by Gasteiger charge is -1.86. The first kappa shape index (κ1) is 6.87. The average molecular weight is 116 g/mol. The molecule has 1 amide bonds. The van der Waals surface area contributed by atoms with Crippen LogP contribution in [-0.4, -0.2) is 11.9 Å². The summed E-state index contributed by atoms with van der Waals surface area (Å²) >= 11 is 0. The maximum atomic E-state index is 9.97. The molecule has 0 fully saturated rings. The Kier molecular flexibility index (Phi) is 2.53. The van der Waals surface area contributed by atoms with E-state index >= 15 is 0 Å². The largest absolute Gasteiger partial charge is 0.313 e. The molecule has 5 heteroatoms. The molecule has 0 N–H and O–H groups in total. The van der Waals surface area contributed by atoms with Crippen LogP contribution in [0.15, 0.2) is 10.4 Å². The highest BCUT2D eigenvalue weighted by molar-refractivity contribution is 5.81. The molecule has 0 radical (unpaired) electrons. The first-order valence-electron chi connectivity index (χ1n) is 1.92. The van der Waals surface area contributed by atoms with Crippen LogP contribution in [0.3, 0.4) is 0 Å². The molecule has 0 aromatic carbocycles. The summed E-state index contributed by atoms with van der Waals surface area (Å²) in [6.07, 6.45) is 0. The second-order valence-electron chi connectivity index (χ2n) is 1.21. The third-order valence-electron chi connectivity index (χ3n) is 0.605. The van der Waals surface area contributed by atoms with E-state index < -0.39 is 11.9 Å². The lowest BCUT2D eigenvalue weighted by molar-refractivity contribution is -0.118. The summed E-state index contributed by atoms with van der Waals surface area (Å²) in [6, 6.07) is -1.13. The normalized spacial score (nSPS) is 12.1. The van der Waals surface area contributed by atoms with Gasteiger partial charge in [0.2, 0.25) is 0 Å². The molecule has 0 rings (SSSR count). The van der Waals surface area contributed by atoms with Gasteiger partial charge in [0.25, 0.3) is 0 Å². The van der Waals surface area contributed by atoms with Crippen molar-refractivity contribution in [3.63, 3.8) is 0 Å². The maximum Gasteiger partial charge on any atom is 0.313 e. The number of hydrogen-bond donors (Lipinski definition) is 0. The van der Waals surface area contributed by atoms with Gasteiger partial charge in [-0.15, -0.1) is 9.81 Å². The molecular weight excluding hydrogens is 112 g/mol. The highest BCUT2D eigenvalue weighted by atomic mass is 16.3. The minimum atomic E-state index is -1.13. The number of nitrogens with zero attached hydrogens (tertiary/aromatic N) is 2. The van der Waals surface area contributed by atoms with Crippen LogP contribution in [0, 0.1) is 9.81 Å². The molecule has 0 unspecified atom stereocenters. The maximum absolute atomic E-state index is 9.97. The van der Waals surface area contributed by atoms with Crippen molar-refractivity contribution in [2.24, 2.45) is 10.4 Å². The Morgan fingerprint density at radius 3 is 2.12 bits per heavy atom. The van der Waals surface area contributed by atoms with Crippen LogP contribution < -0.4 is 0 Å². The molecule has 0 saturated carbocycles. The van der Waals surface area contributed by atoms with Gasteiger partial charge in [-0.25, -0.2) is 0 Å². The van der Waals surface area contributed by atoms with E-state index in [0.29, 0.717) is 0 Å². The van der Waals surface area contributed by atoms with Gasteiger partial charge in [0, 0.05) is 5.18 Å². The number of nitroso groups, excluding NO2 is 2. The summed E-state index contributed by atoms with van der Waals surface area (Å²) in [6.45, 7) is 1.21. The standard InChI is InChI=1S/C3H4N2O3/c1-2(4-7)3(6)5-8/h2H,1H3/t2-/m0/s1. The van der Waals surface area contributed by atoms with E-state index in [1.165, 1.54) is 6.92 Å². The van der Waals surface area contributed by atoms with E-state index in [2.05, 4.69) is 5.18 Å². The predicted molar refractivity (Wildman–Crippen MR) is 26.1 cm³/mol. The minimum Gasteiger partial charge on any atom is -0.266 e. The van der Waals surface area contributed by atoms with Gasteiger partial charge in [-0.1, -0.05) is 5.18 Å². The van der Waals surface area contributed by atoms with Gasteiger partial charge < -0.3 is 0 Å². The Hall–Kier alpha value is -1.13. The van der Waals surface area contributed by atoms with Crippen molar-refractivity contribution in [3.05, 3.63) is 9.81 Å². The van der Waals surface area contributed by atoms with Gasteiger partial charge in [-0.3, -0.25) is 4.79 Å². The van der Waals surface area contributed by atoms with Gasteiger partial charge in [0.1, 0.15) is 0 Å². The Morgan fingerprint density at radius 1 is 1.50 bits per heavy atom. The average Bonchev–Trinajstić information content (AvgIpc) is 1.84. The smallest absolute Gasteiger partial charge is 0.266 e. The molecule has 0 bridgehead atoms. The molecule has 0 aliphatic heterocycles. The van der Waals surface area contributed by atoms with E-state index in [9.17, 15) is 14.6 Å². The number of rotatable bonds is 2. The van der Waals surface area contributed by atoms with Gasteiger partial charge in [-0.2, -0.15) is 0 Å². The van der Waals surface area contributed by atoms with Gasteiger partial charge in [0.15, 0.2) is 6.04 Å². The summed E-state index contributed by atoms with van der Waals surface area (Å²) in [5, 5.41) is 4.24. The Labute approximate surface area is 45.0 Å². The lowest BCUT2D eigenvalue weighted by Crippen LogP contribution is -2.09. The van der Waals surface area contributed by atoms with Crippen molar-refractivity contribution in [1.29, 1.82) is 0 Å². The van der Waals surface area contributed by atoms with Crippen molar-refractivity contribution in [1.82, 2.24) is 0 Å². The third-order valence-corrected chi connectivity index (χ3v) is 0.605. The fourth-order valence-electron chi connectivity index (χ4n) is 0.121. The third kappa shape index (κ3) is 1.55. The molecule has 0 aromatic heterocycles. The zero-order chi connectivity index (χ0) is 6.57. The molecule has 0 saturated heterocycles. The van der Waals surface area contributed by atoms with Crippen molar-refractivity contribution in [3.8, 4) is 0 Å². The number of carbonyl (C=O) groups excluding carboxylic acids is 1. The molecule has 0 aromatic rings. The van der Waals surface area contributed by atoms with Crippen LogP contribution in [-0.2, 0) is 4.79 Å². The van der Waals surface area contributed by atoms with Crippen LogP contribution >= 0.6 is 0 Å². The van der Waals surface area contributed by atoms with E-state index in [0.717, 1.165) is 0 Å². The van der Waals surface area contributed by atoms with Gasteiger partial charge in [-0.05, 0) is 6.92 Å². The molecule has 0 spiro atoms. The van der Waals surface area contributed by atoms with E-state index in [-0.39, 0.29) is 0 Å². The predicted octanol–water partition coefficient (Wildman–Crippen LogP) is 0.434. The first-order chi connectivity index (χ1) is 3.72. The molecule has 1 atom stereocenters. The molecule has 0 aliphatic rings. The quantitative estimate of drug-likeness (QED) is 0.491. The van der Waals surface area contributed by atoms with Crippen LogP contribution in [0.25, 0.3) is 0 Å². The highest BCUT2D eigenvalue weighted by Crippen LogP contribution is 1.89. The Morgan fingerprint density at radius 2 is 2.00 bits per heavy atom. The van der Waals surface area contributed by atoms with Crippen molar-refractivity contribution in [2.45, 2.75) is 13.0 Å². The van der Waals surface area contributed by atoms with Crippen LogP contribution in [0.2, 0.25) is 0 Å². The monoisotopic (exact) mass is 116 g/mol. The minimum absolute atomic E-state index is 1.03. The molecule has 0 aliphatic carbocycles. The number of amides is 1. The summed E-state index contributed by atoms with van der Waals surface area (Å²) in [4.78, 5) is 28.7. The van der Waals surface area contributed by atoms with Crippen molar-refractivity contribution >= 4 is 5.91 Å². The lowest BCUT2D eigenvalue weighted by atomic mass is 10.4. The molecule has 0 heterocycles.